The number of nitrogens with one attached hydrogen (secondary N) is 1. The fourth-order valence-corrected chi connectivity index (χ4v) is 2.51. The molecule has 1 N–H and O–H groups in total. The number of hydrogen-bond acceptors (Lipinski definition) is 5. The van der Waals surface area contributed by atoms with Crippen molar-refractivity contribution in [3.05, 3.63) is 23.8 Å². The highest BCUT2D eigenvalue weighted by atomic mass is 35.7. The molecule has 1 aromatic carbocycles. The van der Waals surface area contributed by atoms with E-state index in [0.717, 1.165) is 0 Å². The van der Waals surface area contributed by atoms with Gasteiger partial charge in [-0.3, -0.25) is 4.79 Å². The highest BCUT2D eigenvalue weighted by Gasteiger charge is 2.17. The molecule has 0 unspecified atom stereocenters. The van der Waals surface area contributed by atoms with E-state index >= 15 is 0 Å². The Morgan fingerprint density at radius 2 is 2.10 bits per heavy atom. The molecule has 1 aromatic rings. The highest BCUT2D eigenvalue weighted by Crippen LogP contribution is 2.27. The second-order valence-electron chi connectivity index (χ2n) is 3.84. The molecule has 1 rings (SSSR count). The van der Waals surface area contributed by atoms with E-state index in [9.17, 15) is 13.2 Å². The van der Waals surface area contributed by atoms with Gasteiger partial charge >= 0.3 is 0 Å². The number of halogens is 1. The van der Waals surface area contributed by atoms with Crippen molar-refractivity contribution in [2.24, 2.45) is 0 Å². The van der Waals surface area contributed by atoms with Crippen molar-refractivity contribution >= 4 is 25.6 Å². The normalized spacial score (nSPS) is 11.2. The van der Waals surface area contributed by atoms with Crippen molar-refractivity contribution in [2.75, 3.05) is 20.3 Å². The summed E-state index contributed by atoms with van der Waals surface area (Å²) < 4.78 is 32.7. The summed E-state index contributed by atoms with van der Waals surface area (Å²) in [6.07, 6.45) is 0. The lowest BCUT2D eigenvalue weighted by Crippen LogP contribution is -2.27. The monoisotopic (exact) mass is 321 g/mol. The number of hydrogen-bond donors (Lipinski definition) is 1. The van der Waals surface area contributed by atoms with E-state index < -0.39 is 9.05 Å². The van der Waals surface area contributed by atoms with Crippen LogP contribution in [0.1, 0.15) is 12.5 Å². The van der Waals surface area contributed by atoms with E-state index in [1.807, 2.05) is 0 Å². The lowest BCUT2D eigenvalue weighted by molar-refractivity contribution is -0.125. The van der Waals surface area contributed by atoms with Gasteiger partial charge in [0.25, 0.3) is 9.05 Å². The van der Waals surface area contributed by atoms with Crippen LogP contribution < -0.4 is 10.1 Å². The zero-order valence-corrected chi connectivity index (χ0v) is 12.8. The van der Waals surface area contributed by atoms with E-state index in [4.69, 9.17) is 20.2 Å². The molecule has 0 heterocycles. The molecule has 0 spiro atoms. The summed E-state index contributed by atoms with van der Waals surface area (Å²) in [6.45, 7) is 2.38. The summed E-state index contributed by atoms with van der Waals surface area (Å²) in [5.41, 5.74) is 0.592. The van der Waals surface area contributed by atoms with Crippen LogP contribution in [0.4, 0.5) is 0 Å². The maximum atomic E-state index is 11.4. The Labute approximate surface area is 122 Å². The number of carbonyl (C=O) groups excluding carboxylic acids is 1. The van der Waals surface area contributed by atoms with Crippen LogP contribution in [0.3, 0.4) is 0 Å². The predicted molar refractivity (Wildman–Crippen MR) is 74.4 cm³/mol. The van der Waals surface area contributed by atoms with Gasteiger partial charge in [0.05, 0.1) is 7.11 Å². The Balaban J connectivity index is 2.80. The second-order valence-corrected chi connectivity index (χ2v) is 6.37. The van der Waals surface area contributed by atoms with Gasteiger partial charge in [0.2, 0.25) is 5.91 Å². The molecule has 6 nitrogen and oxygen atoms in total. The van der Waals surface area contributed by atoms with Gasteiger partial charge in [-0.1, -0.05) is 6.07 Å². The Bertz CT molecular complexity index is 573. The van der Waals surface area contributed by atoms with Crippen LogP contribution in [0, 0.1) is 0 Å². The summed E-state index contributed by atoms with van der Waals surface area (Å²) >= 11 is 0. The van der Waals surface area contributed by atoms with Crippen LogP contribution in [0.5, 0.6) is 5.75 Å². The number of methoxy groups -OCH3 is 1. The summed E-state index contributed by atoms with van der Waals surface area (Å²) in [5.74, 6) is -0.123. The first-order chi connectivity index (χ1) is 9.38. The van der Waals surface area contributed by atoms with E-state index in [2.05, 4.69) is 5.32 Å². The third-order valence-electron chi connectivity index (χ3n) is 2.42. The van der Waals surface area contributed by atoms with Gasteiger partial charge < -0.3 is 14.8 Å². The summed E-state index contributed by atoms with van der Waals surface area (Å²) in [4.78, 5) is 11.2. The maximum Gasteiger partial charge on any atom is 0.264 e. The van der Waals surface area contributed by atoms with Crippen LogP contribution in [0.15, 0.2) is 23.1 Å². The number of carbonyl (C=O) groups is 1. The van der Waals surface area contributed by atoms with E-state index in [0.29, 0.717) is 12.2 Å². The molecule has 0 aliphatic carbocycles. The molecule has 0 bridgehead atoms. The molecule has 0 fully saturated rings. The Kier molecular flexibility index (Phi) is 6.25. The Morgan fingerprint density at radius 3 is 2.65 bits per heavy atom. The van der Waals surface area contributed by atoms with Gasteiger partial charge in [0.15, 0.2) is 0 Å². The van der Waals surface area contributed by atoms with Crippen molar-refractivity contribution in [3.63, 3.8) is 0 Å². The summed E-state index contributed by atoms with van der Waals surface area (Å²) in [5, 5.41) is 2.61. The van der Waals surface area contributed by atoms with Gasteiger partial charge in [0, 0.05) is 23.8 Å². The van der Waals surface area contributed by atoms with Gasteiger partial charge in [-0.05, 0) is 24.6 Å². The Hall–Kier alpha value is -1.31. The standard InChI is InChI=1S/C12H16ClNO5S/c1-3-19-8-12(15)14-7-9-4-5-10(18-2)11(6-9)20(13,16)17/h4-6H,3,7-8H2,1-2H3,(H,14,15). The summed E-state index contributed by atoms with van der Waals surface area (Å²) in [7, 11) is 2.77. The minimum atomic E-state index is -3.91. The zero-order valence-electron chi connectivity index (χ0n) is 11.2. The average Bonchev–Trinajstić information content (AvgIpc) is 2.41. The molecule has 0 aliphatic heterocycles. The maximum absolute atomic E-state index is 11.4. The fraction of sp³-hybridized carbons (Fsp3) is 0.417. The molecule has 20 heavy (non-hydrogen) atoms. The van der Waals surface area contributed by atoms with Crippen molar-refractivity contribution < 1.29 is 22.7 Å². The van der Waals surface area contributed by atoms with Crippen LogP contribution >= 0.6 is 10.7 Å². The molecule has 1 amide bonds. The smallest absolute Gasteiger partial charge is 0.264 e. The van der Waals surface area contributed by atoms with Crippen molar-refractivity contribution in [3.8, 4) is 5.75 Å². The van der Waals surface area contributed by atoms with Crippen LogP contribution in [-0.4, -0.2) is 34.6 Å². The average molecular weight is 322 g/mol. The largest absolute Gasteiger partial charge is 0.495 e. The highest BCUT2D eigenvalue weighted by molar-refractivity contribution is 8.13. The SMILES string of the molecule is CCOCC(=O)NCc1ccc(OC)c(S(=O)(=O)Cl)c1. The number of benzene rings is 1. The minimum Gasteiger partial charge on any atom is -0.495 e. The molecule has 0 atom stereocenters. The molecule has 8 heteroatoms. The van der Waals surface area contributed by atoms with Crippen molar-refractivity contribution in [1.29, 1.82) is 0 Å². The molecule has 0 aliphatic rings. The first-order valence-corrected chi connectivity index (χ1v) is 8.15. The number of ether oxygens (including phenoxy) is 2. The van der Waals surface area contributed by atoms with Crippen LogP contribution in [-0.2, 0) is 25.1 Å². The number of rotatable bonds is 7. The first-order valence-electron chi connectivity index (χ1n) is 5.84. The molecule has 0 radical (unpaired) electrons. The minimum absolute atomic E-state index is 0.0344. The quantitative estimate of drug-likeness (QED) is 0.765. The molecule has 0 saturated carbocycles. The van der Waals surface area contributed by atoms with E-state index in [1.165, 1.54) is 19.2 Å². The second kappa shape index (κ2) is 7.47. The zero-order chi connectivity index (χ0) is 15.2. The molecular weight excluding hydrogens is 306 g/mol. The third-order valence-corrected chi connectivity index (χ3v) is 3.76. The van der Waals surface area contributed by atoms with Crippen molar-refractivity contribution in [2.45, 2.75) is 18.4 Å². The van der Waals surface area contributed by atoms with Gasteiger partial charge in [0.1, 0.15) is 17.3 Å². The fourth-order valence-electron chi connectivity index (χ4n) is 1.47. The third kappa shape index (κ3) is 4.99. The van der Waals surface area contributed by atoms with E-state index in [1.54, 1.807) is 13.0 Å². The predicted octanol–water partition coefficient (Wildman–Crippen LogP) is 1.28. The molecular formula is C12H16ClNO5S. The van der Waals surface area contributed by atoms with Crippen LogP contribution in [0.25, 0.3) is 0 Å². The van der Waals surface area contributed by atoms with Gasteiger partial charge in [-0.15, -0.1) is 0 Å². The Morgan fingerprint density at radius 1 is 1.40 bits per heavy atom. The molecule has 0 aromatic heterocycles. The first kappa shape index (κ1) is 16.7. The molecule has 112 valence electrons. The molecule has 0 saturated heterocycles. The van der Waals surface area contributed by atoms with Gasteiger partial charge in [-0.2, -0.15) is 0 Å². The van der Waals surface area contributed by atoms with Crippen molar-refractivity contribution in [1.82, 2.24) is 5.32 Å². The van der Waals surface area contributed by atoms with E-state index in [-0.39, 0.29) is 29.7 Å². The number of amides is 1. The lowest BCUT2D eigenvalue weighted by Gasteiger charge is -2.09. The van der Waals surface area contributed by atoms with Gasteiger partial charge in [-0.25, -0.2) is 8.42 Å². The lowest BCUT2D eigenvalue weighted by atomic mass is 10.2. The topological polar surface area (TPSA) is 81.7 Å². The van der Waals surface area contributed by atoms with Crippen LogP contribution in [0.2, 0.25) is 0 Å². The summed E-state index contributed by atoms with van der Waals surface area (Å²) in [6, 6.07) is 4.49.